The number of carbonyl (C=O) groups excluding carboxylic acids is 1. The second-order valence-electron chi connectivity index (χ2n) is 6.74. The van der Waals surface area contributed by atoms with E-state index in [4.69, 9.17) is 15.2 Å². The van der Waals surface area contributed by atoms with E-state index in [-0.39, 0.29) is 17.3 Å². The first-order chi connectivity index (χ1) is 16.0. The number of para-hydroxylation sites is 1. The number of anilines is 1. The van der Waals surface area contributed by atoms with Crippen molar-refractivity contribution >= 4 is 17.4 Å². The Balaban J connectivity index is 1.73. The predicted octanol–water partition coefficient (Wildman–Crippen LogP) is 2.07. The van der Waals surface area contributed by atoms with Gasteiger partial charge in [-0.3, -0.25) is 4.79 Å². The van der Waals surface area contributed by atoms with E-state index in [0.29, 0.717) is 28.5 Å². The number of carbonyl (C=O) groups is 1. The molecule has 0 spiro atoms. The maximum atomic E-state index is 13.1. The third-order valence-corrected chi connectivity index (χ3v) is 4.75. The highest BCUT2D eigenvalue weighted by atomic mass is 16.6. The third kappa shape index (κ3) is 4.21. The maximum absolute atomic E-state index is 13.1. The van der Waals surface area contributed by atoms with Crippen molar-refractivity contribution in [2.45, 2.75) is 6.92 Å². The van der Waals surface area contributed by atoms with Gasteiger partial charge in [0, 0.05) is 11.1 Å². The van der Waals surface area contributed by atoms with Crippen LogP contribution in [-0.2, 0) is 0 Å². The monoisotopic (exact) mass is 448 g/mol. The lowest BCUT2D eigenvalue weighted by molar-refractivity contribution is 0.0950. The van der Waals surface area contributed by atoms with Crippen LogP contribution in [0.5, 0.6) is 11.5 Å². The molecule has 3 N–H and O–H groups in total. The van der Waals surface area contributed by atoms with Crippen molar-refractivity contribution in [3.63, 3.8) is 0 Å². The zero-order chi connectivity index (χ0) is 23.4. The van der Waals surface area contributed by atoms with E-state index >= 15 is 0 Å². The summed E-state index contributed by atoms with van der Waals surface area (Å²) in [7, 11) is 3.10. The Hall–Kier alpha value is -4.74. The van der Waals surface area contributed by atoms with Crippen LogP contribution >= 0.6 is 0 Å². The van der Waals surface area contributed by atoms with Crippen molar-refractivity contribution in [2.24, 2.45) is 5.10 Å². The molecule has 33 heavy (non-hydrogen) atoms. The summed E-state index contributed by atoms with van der Waals surface area (Å²) < 4.78 is 16.6. The Kier molecular flexibility index (Phi) is 5.98. The summed E-state index contributed by atoms with van der Waals surface area (Å²) in [5.74, 6) is 0.686. The molecular formula is C21H20N8O4. The highest BCUT2D eigenvalue weighted by molar-refractivity contribution is 6.03. The van der Waals surface area contributed by atoms with Crippen LogP contribution in [-0.4, -0.2) is 51.1 Å². The van der Waals surface area contributed by atoms with Gasteiger partial charge in [-0.1, -0.05) is 29.5 Å². The lowest BCUT2D eigenvalue weighted by Crippen LogP contribution is -2.21. The SMILES string of the molecule is COc1cccc(-c2c(C(=O)NN=C(C)c3ccccc3OC)nnn2-c2nonc2N)c1. The van der Waals surface area contributed by atoms with Gasteiger partial charge in [-0.15, -0.1) is 5.10 Å². The minimum atomic E-state index is -0.594. The minimum Gasteiger partial charge on any atom is -0.497 e. The first kappa shape index (κ1) is 21.5. The van der Waals surface area contributed by atoms with E-state index in [1.807, 2.05) is 18.2 Å². The molecular weight excluding hydrogens is 428 g/mol. The summed E-state index contributed by atoms with van der Waals surface area (Å²) in [5.41, 5.74) is 10.5. The zero-order valence-corrected chi connectivity index (χ0v) is 18.0. The Morgan fingerprint density at radius 3 is 2.67 bits per heavy atom. The fourth-order valence-electron chi connectivity index (χ4n) is 3.14. The number of methoxy groups -OCH3 is 2. The number of nitrogen functional groups attached to an aromatic ring is 1. The van der Waals surface area contributed by atoms with Crippen LogP contribution in [0.1, 0.15) is 23.0 Å². The molecule has 4 aromatic rings. The fraction of sp³-hybridized carbons (Fsp3) is 0.143. The molecule has 0 fully saturated rings. The molecule has 0 saturated heterocycles. The topological polar surface area (TPSA) is 156 Å². The molecule has 0 saturated carbocycles. The Bertz CT molecular complexity index is 1330. The minimum absolute atomic E-state index is 0.0118. The van der Waals surface area contributed by atoms with Crippen molar-refractivity contribution in [2.75, 3.05) is 20.0 Å². The van der Waals surface area contributed by atoms with Crippen LogP contribution in [0.15, 0.2) is 58.3 Å². The average Bonchev–Trinajstić information content (AvgIpc) is 3.48. The number of nitrogens with two attached hydrogens (primary N) is 1. The molecule has 168 valence electrons. The normalized spacial score (nSPS) is 11.3. The molecule has 0 radical (unpaired) electrons. The van der Waals surface area contributed by atoms with Gasteiger partial charge in [0.15, 0.2) is 5.69 Å². The molecule has 2 heterocycles. The average molecular weight is 448 g/mol. The third-order valence-electron chi connectivity index (χ3n) is 4.75. The molecule has 2 aromatic heterocycles. The Labute approximate surface area is 188 Å². The first-order valence-corrected chi connectivity index (χ1v) is 9.70. The fourth-order valence-corrected chi connectivity index (χ4v) is 3.14. The van der Waals surface area contributed by atoms with E-state index in [2.05, 4.69) is 35.8 Å². The lowest BCUT2D eigenvalue weighted by atomic mass is 10.1. The molecule has 0 aliphatic carbocycles. The smallest absolute Gasteiger partial charge is 0.294 e. The summed E-state index contributed by atoms with van der Waals surface area (Å²) in [6.07, 6.45) is 0. The molecule has 0 bridgehead atoms. The number of hydrazone groups is 1. The second kappa shape index (κ2) is 9.18. The van der Waals surface area contributed by atoms with Gasteiger partial charge in [0.05, 0.1) is 19.9 Å². The Morgan fingerprint density at radius 1 is 1.12 bits per heavy atom. The predicted molar refractivity (Wildman–Crippen MR) is 118 cm³/mol. The van der Waals surface area contributed by atoms with Gasteiger partial charge in [0.25, 0.3) is 5.91 Å². The summed E-state index contributed by atoms with van der Waals surface area (Å²) in [6, 6.07) is 14.4. The van der Waals surface area contributed by atoms with Crippen molar-refractivity contribution in [1.29, 1.82) is 0 Å². The van der Waals surface area contributed by atoms with Gasteiger partial charge in [0.2, 0.25) is 11.6 Å². The molecule has 12 heteroatoms. The van der Waals surface area contributed by atoms with E-state index in [9.17, 15) is 4.79 Å². The summed E-state index contributed by atoms with van der Waals surface area (Å²) in [4.78, 5) is 13.1. The van der Waals surface area contributed by atoms with Crippen LogP contribution in [0.25, 0.3) is 17.1 Å². The molecule has 0 aliphatic heterocycles. The quantitative estimate of drug-likeness (QED) is 0.319. The number of nitrogens with one attached hydrogen (secondary N) is 1. The van der Waals surface area contributed by atoms with Gasteiger partial charge in [-0.2, -0.15) is 9.78 Å². The van der Waals surface area contributed by atoms with E-state index < -0.39 is 5.91 Å². The number of nitrogens with zero attached hydrogens (tertiary/aromatic N) is 6. The zero-order valence-electron chi connectivity index (χ0n) is 18.0. The highest BCUT2D eigenvalue weighted by Gasteiger charge is 2.25. The van der Waals surface area contributed by atoms with Gasteiger partial charge in [-0.25, -0.2) is 10.1 Å². The van der Waals surface area contributed by atoms with Crippen molar-refractivity contribution in [3.05, 3.63) is 59.8 Å². The summed E-state index contributed by atoms with van der Waals surface area (Å²) in [5, 5.41) is 19.6. The molecule has 0 aliphatic rings. The molecule has 4 rings (SSSR count). The number of aromatic nitrogens is 5. The molecule has 0 unspecified atom stereocenters. The van der Waals surface area contributed by atoms with Gasteiger partial charge < -0.3 is 15.2 Å². The number of amides is 1. The van der Waals surface area contributed by atoms with Gasteiger partial charge in [-0.05, 0) is 41.5 Å². The molecule has 12 nitrogen and oxygen atoms in total. The van der Waals surface area contributed by atoms with E-state index in [1.54, 1.807) is 44.4 Å². The van der Waals surface area contributed by atoms with Crippen molar-refractivity contribution in [1.82, 2.24) is 30.7 Å². The van der Waals surface area contributed by atoms with Crippen LogP contribution in [0.2, 0.25) is 0 Å². The molecule has 1 amide bonds. The lowest BCUT2D eigenvalue weighted by Gasteiger charge is -2.09. The molecule has 2 aromatic carbocycles. The summed E-state index contributed by atoms with van der Waals surface area (Å²) in [6.45, 7) is 1.75. The van der Waals surface area contributed by atoms with Crippen molar-refractivity contribution < 1.29 is 18.9 Å². The standard InChI is InChI=1S/C21H20N8O4/c1-12(15-9-4-5-10-16(15)32-3)23-25-21(30)17-18(13-7-6-8-14(11-13)31-2)29(28-24-17)20-19(22)26-33-27-20/h4-11H,1-3H3,(H2,22,26)(H,25,30). The maximum Gasteiger partial charge on any atom is 0.294 e. The number of rotatable bonds is 7. The molecule has 0 atom stereocenters. The Morgan fingerprint density at radius 2 is 1.94 bits per heavy atom. The highest BCUT2D eigenvalue weighted by Crippen LogP contribution is 2.29. The van der Waals surface area contributed by atoms with Crippen LogP contribution < -0.4 is 20.6 Å². The van der Waals surface area contributed by atoms with Crippen LogP contribution in [0.4, 0.5) is 5.82 Å². The van der Waals surface area contributed by atoms with Crippen LogP contribution in [0.3, 0.4) is 0 Å². The van der Waals surface area contributed by atoms with Crippen molar-refractivity contribution in [3.8, 4) is 28.6 Å². The second-order valence-corrected chi connectivity index (χ2v) is 6.74. The van der Waals surface area contributed by atoms with Gasteiger partial charge >= 0.3 is 0 Å². The number of hydrogen-bond donors (Lipinski definition) is 2. The largest absolute Gasteiger partial charge is 0.497 e. The number of ether oxygens (including phenoxy) is 2. The van der Waals surface area contributed by atoms with Crippen LogP contribution in [0, 0.1) is 0 Å². The van der Waals surface area contributed by atoms with E-state index in [1.165, 1.54) is 11.8 Å². The number of benzene rings is 2. The first-order valence-electron chi connectivity index (χ1n) is 9.70. The van der Waals surface area contributed by atoms with Gasteiger partial charge in [0.1, 0.15) is 17.2 Å². The van der Waals surface area contributed by atoms with E-state index in [0.717, 1.165) is 5.56 Å². The number of hydrogen-bond acceptors (Lipinski definition) is 10. The summed E-state index contributed by atoms with van der Waals surface area (Å²) >= 11 is 0.